The van der Waals surface area contributed by atoms with E-state index < -0.39 is 5.97 Å². The molecule has 3 rings (SSSR count). The van der Waals surface area contributed by atoms with Crippen molar-refractivity contribution in [3.63, 3.8) is 0 Å². The molecule has 0 saturated heterocycles. The molecular weight excluding hydrogens is 304 g/mol. The predicted octanol–water partition coefficient (Wildman–Crippen LogP) is 4.18. The van der Waals surface area contributed by atoms with Crippen LogP contribution in [0.1, 0.15) is 52.0 Å². The van der Waals surface area contributed by atoms with Crippen LogP contribution in [0.2, 0.25) is 0 Å². The molecule has 0 radical (unpaired) electrons. The minimum atomic E-state index is -0.476. The fraction of sp³-hybridized carbons (Fsp3) is 0.300. The van der Waals surface area contributed by atoms with Gasteiger partial charge < -0.3 is 9.47 Å². The molecular formula is C20H20O4. The third-order valence-electron chi connectivity index (χ3n) is 4.17. The molecule has 0 atom stereocenters. The highest BCUT2D eigenvalue weighted by Gasteiger charge is 2.21. The third kappa shape index (κ3) is 4.02. The van der Waals surface area contributed by atoms with E-state index in [9.17, 15) is 9.59 Å². The van der Waals surface area contributed by atoms with E-state index in [0.717, 1.165) is 31.2 Å². The lowest BCUT2D eigenvalue weighted by atomic mass is 10.1. The Balaban J connectivity index is 1.75. The Morgan fingerprint density at radius 2 is 1.83 bits per heavy atom. The van der Waals surface area contributed by atoms with Gasteiger partial charge in [-0.2, -0.15) is 0 Å². The minimum absolute atomic E-state index is 0.132. The van der Waals surface area contributed by atoms with E-state index in [1.807, 2.05) is 30.3 Å². The summed E-state index contributed by atoms with van der Waals surface area (Å²) in [5.74, 6) is 0.0149. The lowest BCUT2D eigenvalue weighted by molar-refractivity contribution is 0.0465. The van der Waals surface area contributed by atoms with Crippen LogP contribution in [0.3, 0.4) is 0 Å². The summed E-state index contributed by atoms with van der Waals surface area (Å²) in [5.41, 5.74) is 1.65. The number of hydrogen-bond donors (Lipinski definition) is 0. The zero-order valence-electron chi connectivity index (χ0n) is 13.4. The molecule has 24 heavy (non-hydrogen) atoms. The quantitative estimate of drug-likeness (QED) is 0.591. The molecule has 0 unspecified atom stereocenters. The Hall–Kier alpha value is -2.62. The summed E-state index contributed by atoms with van der Waals surface area (Å²) in [4.78, 5) is 23.5. The molecule has 4 heteroatoms. The van der Waals surface area contributed by atoms with Gasteiger partial charge in [-0.05, 0) is 49.4 Å². The zero-order valence-corrected chi connectivity index (χ0v) is 13.4. The largest absolute Gasteiger partial charge is 0.490 e. The molecule has 0 amide bonds. The standard InChI is InChI=1S/C20H20O4/c21-13-16-10-11-19(24-17-8-4-5-9-17)18(12-16)20(22)23-14-15-6-2-1-3-7-15/h1-3,6-7,10-13,17H,4-5,8-9,14H2. The number of ether oxygens (including phenoxy) is 2. The number of rotatable bonds is 6. The van der Waals surface area contributed by atoms with Crippen molar-refractivity contribution in [3.8, 4) is 5.75 Å². The maximum Gasteiger partial charge on any atom is 0.342 e. The van der Waals surface area contributed by atoms with Crippen LogP contribution in [0.5, 0.6) is 5.75 Å². The second-order valence-corrected chi connectivity index (χ2v) is 5.96. The second kappa shape index (κ2) is 7.77. The van der Waals surface area contributed by atoms with Crippen LogP contribution in [0.15, 0.2) is 48.5 Å². The average Bonchev–Trinajstić information content (AvgIpc) is 3.14. The van der Waals surface area contributed by atoms with E-state index in [-0.39, 0.29) is 12.7 Å². The number of hydrogen-bond acceptors (Lipinski definition) is 4. The Bertz CT molecular complexity index is 703. The third-order valence-corrected chi connectivity index (χ3v) is 4.17. The molecule has 2 aromatic rings. The Morgan fingerprint density at radius 1 is 1.08 bits per heavy atom. The van der Waals surface area contributed by atoms with Crippen molar-refractivity contribution >= 4 is 12.3 Å². The molecule has 0 aromatic heterocycles. The number of aldehydes is 1. The van der Waals surface area contributed by atoms with Gasteiger partial charge in [0, 0.05) is 5.56 Å². The van der Waals surface area contributed by atoms with Gasteiger partial charge in [0.15, 0.2) is 0 Å². The number of esters is 1. The molecule has 4 nitrogen and oxygen atoms in total. The Labute approximate surface area is 141 Å². The van der Waals surface area contributed by atoms with Gasteiger partial charge in [-0.3, -0.25) is 4.79 Å². The molecule has 2 aromatic carbocycles. The first-order chi connectivity index (χ1) is 11.8. The molecule has 0 bridgehead atoms. The van der Waals surface area contributed by atoms with Gasteiger partial charge in [0.05, 0.1) is 6.10 Å². The summed E-state index contributed by atoms with van der Waals surface area (Å²) in [6.07, 6.45) is 5.12. The van der Waals surface area contributed by atoms with Gasteiger partial charge in [0.2, 0.25) is 0 Å². The first-order valence-electron chi connectivity index (χ1n) is 8.23. The van der Waals surface area contributed by atoms with Gasteiger partial charge >= 0.3 is 5.97 Å². The van der Waals surface area contributed by atoms with E-state index in [4.69, 9.17) is 9.47 Å². The average molecular weight is 324 g/mol. The number of benzene rings is 2. The summed E-state index contributed by atoms with van der Waals surface area (Å²) in [5, 5.41) is 0. The fourth-order valence-electron chi connectivity index (χ4n) is 2.87. The SMILES string of the molecule is O=Cc1ccc(OC2CCCC2)c(C(=O)OCc2ccccc2)c1. The summed E-state index contributed by atoms with van der Waals surface area (Å²) >= 11 is 0. The lowest BCUT2D eigenvalue weighted by Gasteiger charge is -2.16. The normalized spacial score (nSPS) is 14.3. The first kappa shape index (κ1) is 16.2. The van der Waals surface area contributed by atoms with Crippen molar-refractivity contribution in [2.75, 3.05) is 0 Å². The van der Waals surface area contributed by atoms with Crippen molar-refractivity contribution in [3.05, 3.63) is 65.2 Å². The summed E-state index contributed by atoms with van der Waals surface area (Å²) in [6.45, 7) is 0.188. The summed E-state index contributed by atoms with van der Waals surface area (Å²) in [6, 6.07) is 14.4. The molecule has 0 aliphatic heterocycles. The van der Waals surface area contributed by atoms with Crippen LogP contribution in [0, 0.1) is 0 Å². The van der Waals surface area contributed by atoms with Gasteiger partial charge in [0.25, 0.3) is 0 Å². The van der Waals surface area contributed by atoms with Gasteiger partial charge in [-0.25, -0.2) is 4.79 Å². The molecule has 1 aliphatic carbocycles. The van der Waals surface area contributed by atoms with Crippen molar-refractivity contribution < 1.29 is 19.1 Å². The Morgan fingerprint density at radius 3 is 2.54 bits per heavy atom. The molecule has 1 aliphatic rings. The lowest BCUT2D eigenvalue weighted by Crippen LogP contribution is -2.15. The van der Waals surface area contributed by atoms with E-state index in [1.165, 1.54) is 6.07 Å². The fourth-order valence-corrected chi connectivity index (χ4v) is 2.87. The van der Waals surface area contributed by atoms with Crippen LogP contribution < -0.4 is 4.74 Å². The predicted molar refractivity (Wildman–Crippen MR) is 90.3 cm³/mol. The molecule has 0 spiro atoms. The van der Waals surface area contributed by atoms with Gasteiger partial charge in [-0.15, -0.1) is 0 Å². The van der Waals surface area contributed by atoms with Crippen LogP contribution in [0.25, 0.3) is 0 Å². The van der Waals surface area contributed by atoms with Crippen LogP contribution >= 0.6 is 0 Å². The highest BCUT2D eigenvalue weighted by molar-refractivity contribution is 5.94. The van der Waals surface area contributed by atoms with Crippen LogP contribution in [-0.4, -0.2) is 18.4 Å². The second-order valence-electron chi connectivity index (χ2n) is 5.96. The van der Waals surface area contributed by atoms with E-state index in [1.54, 1.807) is 12.1 Å². The molecule has 0 N–H and O–H groups in total. The molecule has 1 saturated carbocycles. The molecule has 1 fully saturated rings. The number of carbonyl (C=O) groups excluding carboxylic acids is 2. The van der Waals surface area contributed by atoms with E-state index in [2.05, 4.69) is 0 Å². The maximum atomic E-state index is 12.5. The molecule has 124 valence electrons. The van der Waals surface area contributed by atoms with E-state index in [0.29, 0.717) is 23.2 Å². The van der Waals surface area contributed by atoms with Crippen molar-refractivity contribution in [1.29, 1.82) is 0 Å². The topological polar surface area (TPSA) is 52.6 Å². The minimum Gasteiger partial charge on any atom is -0.490 e. The van der Waals surface area contributed by atoms with Crippen LogP contribution in [0.4, 0.5) is 0 Å². The van der Waals surface area contributed by atoms with Gasteiger partial charge in [0.1, 0.15) is 24.2 Å². The number of carbonyl (C=O) groups is 2. The van der Waals surface area contributed by atoms with E-state index >= 15 is 0 Å². The Kier molecular flexibility index (Phi) is 5.26. The maximum absolute atomic E-state index is 12.5. The highest BCUT2D eigenvalue weighted by atomic mass is 16.5. The van der Waals surface area contributed by atoms with Gasteiger partial charge in [-0.1, -0.05) is 30.3 Å². The summed E-state index contributed by atoms with van der Waals surface area (Å²) in [7, 11) is 0. The smallest absolute Gasteiger partial charge is 0.342 e. The van der Waals surface area contributed by atoms with Crippen molar-refractivity contribution in [2.24, 2.45) is 0 Å². The van der Waals surface area contributed by atoms with Crippen LogP contribution in [-0.2, 0) is 11.3 Å². The first-order valence-corrected chi connectivity index (χ1v) is 8.23. The van der Waals surface area contributed by atoms with Crippen molar-refractivity contribution in [2.45, 2.75) is 38.4 Å². The summed E-state index contributed by atoms with van der Waals surface area (Å²) < 4.78 is 11.3. The van der Waals surface area contributed by atoms with Crippen molar-refractivity contribution in [1.82, 2.24) is 0 Å². The highest BCUT2D eigenvalue weighted by Crippen LogP contribution is 2.28. The monoisotopic (exact) mass is 324 g/mol. The molecule has 0 heterocycles. The zero-order chi connectivity index (χ0) is 16.8.